The number of rotatable bonds is 4. The fraction of sp³-hybridized carbons (Fsp3) is 0.316. The molecule has 28 heavy (non-hydrogen) atoms. The number of benzene rings is 2. The Morgan fingerprint density at radius 1 is 1.18 bits per heavy atom. The Morgan fingerprint density at radius 2 is 1.86 bits per heavy atom. The zero-order valence-electron chi connectivity index (χ0n) is 15.4. The van der Waals surface area contributed by atoms with E-state index in [1.807, 2.05) is 13.8 Å². The van der Waals surface area contributed by atoms with Gasteiger partial charge in [0.05, 0.1) is 27.8 Å². The van der Waals surface area contributed by atoms with E-state index >= 15 is 0 Å². The van der Waals surface area contributed by atoms with Crippen molar-refractivity contribution in [2.24, 2.45) is 0 Å². The van der Waals surface area contributed by atoms with Crippen molar-refractivity contribution in [3.63, 3.8) is 0 Å². The predicted octanol–water partition coefficient (Wildman–Crippen LogP) is 4.15. The third-order valence-corrected chi connectivity index (χ3v) is 6.93. The van der Waals surface area contributed by atoms with Crippen LogP contribution < -0.4 is 5.32 Å². The average molecular weight is 488 g/mol. The minimum Gasteiger partial charge on any atom is -0.373 e. The number of nitrogens with zero attached hydrogens (tertiary/aromatic N) is 1. The molecule has 1 N–H and O–H groups in total. The Kier molecular flexibility index (Phi) is 6.46. The SMILES string of the molecule is C[C@@H]1CN(S(=O)(=O)c2cccc(C(=O)Nc3ccc(Br)cc3Cl)c2)C[C@H](C)O1. The highest BCUT2D eigenvalue weighted by Gasteiger charge is 2.32. The van der Waals surface area contributed by atoms with Gasteiger partial charge < -0.3 is 10.1 Å². The fourth-order valence-corrected chi connectivity index (χ4v) is 5.42. The first-order chi connectivity index (χ1) is 13.2. The molecule has 150 valence electrons. The van der Waals surface area contributed by atoms with Crippen molar-refractivity contribution in [1.29, 1.82) is 0 Å². The van der Waals surface area contributed by atoms with Crippen LogP contribution in [-0.4, -0.2) is 43.9 Å². The first-order valence-electron chi connectivity index (χ1n) is 8.69. The van der Waals surface area contributed by atoms with Crippen LogP contribution in [0.15, 0.2) is 51.8 Å². The van der Waals surface area contributed by atoms with Crippen molar-refractivity contribution in [2.45, 2.75) is 31.0 Å². The second-order valence-corrected chi connectivity index (χ2v) is 9.95. The van der Waals surface area contributed by atoms with Gasteiger partial charge in [0.1, 0.15) is 0 Å². The molecule has 1 fully saturated rings. The van der Waals surface area contributed by atoms with Crippen LogP contribution >= 0.6 is 27.5 Å². The Labute approximate surface area is 178 Å². The molecule has 0 saturated carbocycles. The van der Waals surface area contributed by atoms with E-state index in [2.05, 4.69) is 21.2 Å². The van der Waals surface area contributed by atoms with Gasteiger partial charge in [0, 0.05) is 23.1 Å². The molecule has 1 aliphatic rings. The summed E-state index contributed by atoms with van der Waals surface area (Å²) in [6.07, 6.45) is -0.380. The summed E-state index contributed by atoms with van der Waals surface area (Å²) in [6, 6.07) is 11.1. The Morgan fingerprint density at radius 3 is 2.50 bits per heavy atom. The molecule has 0 bridgehead atoms. The number of morpholine rings is 1. The highest BCUT2D eigenvalue weighted by Crippen LogP contribution is 2.27. The second kappa shape index (κ2) is 8.51. The molecular formula is C19H20BrClN2O4S. The molecule has 1 heterocycles. The van der Waals surface area contributed by atoms with Gasteiger partial charge in [-0.3, -0.25) is 4.79 Å². The Balaban J connectivity index is 1.84. The minimum atomic E-state index is -3.73. The fourth-order valence-electron chi connectivity index (χ4n) is 3.06. The van der Waals surface area contributed by atoms with E-state index in [1.54, 1.807) is 30.3 Å². The quantitative estimate of drug-likeness (QED) is 0.703. The number of ether oxygens (including phenoxy) is 1. The number of halogens is 2. The van der Waals surface area contributed by atoms with Gasteiger partial charge in [-0.2, -0.15) is 4.31 Å². The van der Waals surface area contributed by atoms with Gasteiger partial charge in [0.15, 0.2) is 0 Å². The number of sulfonamides is 1. The normalized spacial score (nSPS) is 20.7. The molecule has 1 amide bonds. The largest absolute Gasteiger partial charge is 0.373 e. The standard InChI is InChI=1S/C19H20BrClN2O4S/c1-12-10-23(11-13(2)27-12)28(25,26)16-5-3-4-14(8-16)19(24)22-18-7-6-15(20)9-17(18)21/h3-9,12-13H,10-11H2,1-2H3,(H,22,24)/t12-,13+. The van der Waals surface area contributed by atoms with E-state index in [0.29, 0.717) is 10.7 Å². The van der Waals surface area contributed by atoms with Gasteiger partial charge in [-0.25, -0.2) is 8.42 Å². The van der Waals surface area contributed by atoms with Crippen molar-refractivity contribution in [3.8, 4) is 0 Å². The van der Waals surface area contributed by atoms with E-state index in [-0.39, 0.29) is 35.8 Å². The number of hydrogen-bond acceptors (Lipinski definition) is 4. The van der Waals surface area contributed by atoms with E-state index in [4.69, 9.17) is 16.3 Å². The predicted molar refractivity (Wildman–Crippen MR) is 112 cm³/mol. The third-order valence-electron chi connectivity index (χ3n) is 4.30. The number of carbonyl (C=O) groups is 1. The maximum atomic E-state index is 13.0. The number of amides is 1. The van der Waals surface area contributed by atoms with Crippen molar-refractivity contribution in [1.82, 2.24) is 4.31 Å². The van der Waals surface area contributed by atoms with Crippen LogP contribution in [0.3, 0.4) is 0 Å². The van der Waals surface area contributed by atoms with Gasteiger partial charge in [-0.15, -0.1) is 0 Å². The average Bonchev–Trinajstić information content (AvgIpc) is 2.63. The maximum absolute atomic E-state index is 13.0. The Bertz CT molecular complexity index is 989. The summed E-state index contributed by atoms with van der Waals surface area (Å²) >= 11 is 9.44. The summed E-state index contributed by atoms with van der Waals surface area (Å²) in [5.74, 6) is -0.440. The van der Waals surface area contributed by atoms with Crippen LogP contribution in [0.2, 0.25) is 5.02 Å². The molecule has 3 rings (SSSR count). The molecule has 2 aromatic rings. The molecule has 6 nitrogen and oxygen atoms in total. The lowest BCUT2D eigenvalue weighted by Crippen LogP contribution is -2.48. The number of carbonyl (C=O) groups excluding carboxylic acids is 1. The molecular weight excluding hydrogens is 468 g/mol. The molecule has 9 heteroatoms. The molecule has 2 aromatic carbocycles. The van der Waals surface area contributed by atoms with Crippen molar-refractivity contribution < 1.29 is 17.9 Å². The van der Waals surface area contributed by atoms with Gasteiger partial charge >= 0.3 is 0 Å². The number of anilines is 1. The summed E-state index contributed by atoms with van der Waals surface area (Å²) in [5.41, 5.74) is 0.674. The van der Waals surface area contributed by atoms with E-state index in [0.717, 1.165) is 4.47 Å². The highest BCUT2D eigenvalue weighted by atomic mass is 79.9. The maximum Gasteiger partial charge on any atom is 0.255 e. The van der Waals surface area contributed by atoms with Crippen molar-refractivity contribution in [3.05, 3.63) is 57.5 Å². The van der Waals surface area contributed by atoms with Gasteiger partial charge in [0.2, 0.25) is 10.0 Å². The molecule has 0 unspecified atom stereocenters. The molecule has 1 saturated heterocycles. The zero-order chi connectivity index (χ0) is 20.5. The minimum absolute atomic E-state index is 0.0725. The highest BCUT2D eigenvalue weighted by molar-refractivity contribution is 9.10. The van der Waals surface area contributed by atoms with Crippen LogP contribution in [-0.2, 0) is 14.8 Å². The first kappa shape index (κ1) is 21.3. The summed E-state index contributed by atoms with van der Waals surface area (Å²) in [7, 11) is -3.73. The molecule has 0 aliphatic carbocycles. The summed E-state index contributed by atoms with van der Waals surface area (Å²) < 4.78 is 33.8. The van der Waals surface area contributed by atoms with Crippen LogP contribution in [0.1, 0.15) is 24.2 Å². The topological polar surface area (TPSA) is 75.7 Å². The molecule has 0 radical (unpaired) electrons. The van der Waals surface area contributed by atoms with Gasteiger partial charge in [0.25, 0.3) is 5.91 Å². The second-order valence-electron chi connectivity index (χ2n) is 6.69. The lowest BCUT2D eigenvalue weighted by Gasteiger charge is -2.34. The summed E-state index contributed by atoms with van der Waals surface area (Å²) in [5, 5.41) is 3.08. The molecule has 2 atom stereocenters. The van der Waals surface area contributed by atoms with Crippen LogP contribution in [0.4, 0.5) is 5.69 Å². The van der Waals surface area contributed by atoms with Crippen molar-refractivity contribution >= 4 is 49.1 Å². The van der Waals surface area contributed by atoms with E-state index < -0.39 is 15.9 Å². The summed E-state index contributed by atoms with van der Waals surface area (Å²) in [6.45, 7) is 4.23. The van der Waals surface area contributed by atoms with Crippen molar-refractivity contribution in [2.75, 3.05) is 18.4 Å². The first-order valence-corrected chi connectivity index (χ1v) is 11.3. The van der Waals surface area contributed by atoms with Crippen LogP contribution in [0.5, 0.6) is 0 Å². The summed E-state index contributed by atoms with van der Waals surface area (Å²) in [4.78, 5) is 12.7. The Hall–Kier alpha value is -1.45. The van der Waals surface area contributed by atoms with E-state index in [1.165, 1.54) is 16.4 Å². The third kappa shape index (κ3) is 4.75. The van der Waals surface area contributed by atoms with Crippen LogP contribution in [0, 0.1) is 0 Å². The lowest BCUT2D eigenvalue weighted by atomic mass is 10.2. The van der Waals surface area contributed by atoms with Crippen LogP contribution in [0.25, 0.3) is 0 Å². The zero-order valence-corrected chi connectivity index (χ0v) is 18.5. The van der Waals surface area contributed by atoms with Gasteiger partial charge in [-0.05, 0) is 50.2 Å². The lowest BCUT2D eigenvalue weighted by molar-refractivity contribution is -0.0440. The number of nitrogens with one attached hydrogen (secondary N) is 1. The molecule has 1 aliphatic heterocycles. The van der Waals surface area contributed by atoms with Gasteiger partial charge in [-0.1, -0.05) is 33.6 Å². The number of hydrogen-bond donors (Lipinski definition) is 1. The monoisotopic (exact) mass is 486 g/mol. The molecule has 0 aromatic heterocycles. The molecule has 0 spiro atoms. The smallest absolute Gasteiger partial charge is 0.255 e. The van der Waals surface area contributed by atoms with E-state index in [9.17, 15) is 13.2 Å².